The Morgan fingerprint density at radius 1 is 0.800 bits per heavy atom. The summed E-state index contributed by atoms with van der Waals surface area (Å²) in [6, 6.07) is -0.711. The van der Waals surface area contributed by atoms with Crippen LogP contribution in [0.4, 0.5) is 0 Å². The number of hydrogen-bond acceptors (Lipinski definition) is 7. The maximum absolute atomic E-state index is 8.99. The number of aliphatic hydroxyl groups excluding tert-OH is 2. The molecule has 15 heavy (non-hydrogen) atoms. The van der Waals surface area contributed by atoms with Crippen LogP contribution in [0.15, 0.2) is 0 Å². The SMILES string of the molecule is OC(O)C1CC(C(O)O)CC(N(O)O)C1. The van der Waals surface area contributed by atoms with Crippen molar-refractivity contribution in [2.75, 3.05) is 0 Å². The highest BCUT2D eigenvalue weighted by Crippen LogP contribution is 2.33. The van der Waals surface area contributed by atoms with Gasteiger partial charge in [0.15, 0.2) is 12.6 Å². The van der Waals surface area contributed by atoms with Gasteiger partial charge in [-0.15, -0.1) is 0 Å². The van der Waals surface area contributed by atoms with E-state index >= 15 is 0 Å². The van der Waals surface area contributed by atoms with Crippen LogP contribution in [0.5, 0.6) is 0 Å². The number of rotatable bonds is 3. The van der Waals surface area contributed by atoms with Crippen LogP contribution in [0.2, 0.25) is 0 Å². The van der Waals surface area contributed by atoms with Gasteiger partial charge in [-0.1, -0.05) is 5.23 Å². The molecule has 0 radical (unpaired) electrons. The summed E-state index contributed by atoms with van der Waals surface area (Å²) in [5.74, 6) is -1.17. The lowest BCUT2D eigenvalue weighted by molar-refractivity contribution is -0.343. The van der Waals surface area contributed by atoms with Crippen molar-refractivity contribution >= 4 is 0 Å². The average Bonchev–Trinajstić information content (AvgIpc) is 2.16. The van der Waals surface area contributed by atoms with Crippen LogP contribution in [0.1, 0.15) is 19.3 Å². The second-order valence-electron chi connectivity index (χ2n) is 4.03. The van der Waals surface area contributed by atoms with Crippen molar-refractivity contribution in [1.29, 1.82) is 0 Å². The lowest BCUT2D eigenvalue weighted by Gasteiger charge is -2.37. The van der Waals surface area contributed by atoms with Gasteiger partial charge in [0.2, 0.25) is 0 Å². The quantitative estimate of drug-likeness (QED) is 0.253. The van der Waals surface area contributed by atoms with Crippen LogP contribution in [-0.4, -0.2) is 54.7 Å². The van der Waals surface area contributed by atoms with Gasteiger partial charge in [0, 0.05) is 11.8 Å². The van der Waals surface area contributed by atoms with E-state index in [-0.39, 0.29) is 24.5 Å². The predicted octanol–water partition coefficient (Wildman–Crippen LogP) is -1.53. The van der Waals surface area contributed by atoms with Crippen molar-refractivity contribution in [3.63, 3.8) is 0 Å². The number of aliphatic hydroxyl groups is 4. The Morgan fingerprint density at radius 2 is 1.20 bits per heavy atom. The molecule has 0 heterocycles. The van der Waals surface area contributed by atoms with E-state index in [0.29, 0.717) is 0 Å². The third-order valence-electron chi connectivity index (χ3n) is 2.93. The molecule has 7 heteroatoms. The number of nitrogens with zero attached hydrogens (tertiary/aromatic N) is 1. The summed E-state index contributed by atoms with van der Waals surface area (Å²) in [7, 11) is 0. The molecule has 1 fully saturated rings. The van der Waals surface area contributed by atoms with Gasteiger partial charge in [0.1, 0.15) is 0 Å². The molecule has 0 spiro atoms. The van der Waals surface area contributed by atoms with Gasteiger partial charge in [-0.25, -0.2) is 0 Å². The number of hydrogen-bond donors (Lipinski definition) is 6. The van der Waals surface area contributed by atoms with Crippen LogP contribution in [0.25, 0.3) is 0 Å². The van der Waals surface area contributed by atoms with Crippen molar-refractivity contribution in [3.8, 4) is 0 Å². The molecule has 0 bridgehead atoms. The number of hydroxylamine groups is 2. The van der Waals surface area contributed by atoms with Crippen LogP contribution >= 0.6 is 0 Å². The van der Waals surface area contributed by atoms with E-state index in [9.17, 15) is 0 Å². The first-order valence-corrected chi connectivity index (χ1v) is 4.81. The highest BCUT2D eigenvalue weighted by molar-refractivity contribution is 4.82. The van der Waals surface area contributed by atoms with E-state index < -0.39 is 30.5 Å². The molecule has 0 aromatic rings. The predicted molar refractivity (Wildman–Crippen MR) is 46.5 cm³/mol. The normalized spacial score (nSPS) is 33.0. The first kappa shape index (κ1) is 12.8. The summed E-state index contributed by atoms with van der Waals surface area (Å²) < 4.78 is 0. The Bertz CT molecular complexity index is 158. The fourth-order valence-electron chi connectivity index (χ4n) is 2.05. The van der Waals surface area contributed by atoms with Crippen LogP contribution in [0.3, 0.4) is 0 Å². The van der Waals surface area contributed by atoms with E-state index in [4.69, 9.17) is 30.8 Å². The Kier molecular flexibility index (Phi) is 4.41. The Hall–Kier alpha value is -0.280. The van der Waals surface area contributed by atoms with Gasteiger partial charge >= 0.3 is 0 Å². The maximum atomic E-state index is 8.99. The zero-order chi connectivity index (χ0) is 11.6. The first-order valence-electron chi connectivity index (χ1n) is 4.81. The molecule has 7 nitrogen and oxygen atoms in total. The lowest BCUT2D eigenvalue weighted by Crippen LogP contribution is -2.43. The average molecular weight is 223 g/mol. The molecular weight excluding hydrogens is 206 g/mol. The van der Waals surface area contributed by atoms with Crippen LogP contribution in [-0.2, 0) is 0 Å². The van der Waals surface area contributed by atoms with E-state index in [1.165, 1.54) is 0 Å². The summed E-state index contributed by atoms with van der Waals surface area (Å²) in [6.45, 7) is 0. The van der Waals surface area contributed by atoms with E-state index in [2.05, 4.69) is 0 Å². The zero-order valence-electron chi connectivity index (χ0n) is 8.14. The summed E-state index contributed by atoms with van der Waals surface area (Å²) in [5.41, 5.74) is 0. The van der Waals surface area contributed by atoms with Gasteiger partial charge < -0.3 is 20.4 Å². The third kappa shape index (κ3) is 3.35. The molecule has 1 aliphatic carbocycles. The van der Waals surface area contributed by atoms with Crippen LogP contribution in [0, 0.1) is 11.8 Å². The molecule has 1 saturated carbocycles. The van der Waals surface area contributed by atoms with Crippen molar-refractivity contribution in [2.45, 2.75) is 37.9 Å². The highest BCUT2D eigenvalue weighted by atomic mass is 16.8. The monoisotopic (exact) mass is 223 g/mol. The molecular formula is C8H17NO6. The molecule has 90 valence electrons. The van der Waals surface area contributed by atoms with Crippen molar-refractivity contribution in [3.05, 3.63) is 0 Å². The summed E-state index contributed by atoms with van der Waals surface area (Å²) in [5, 5.41) is 53.6. The first-order chi connectivity index (χ1) is 6.91. The van der Waals surface area contributed by atoms with Gasteiger partial charge in [0.05, 0.1) is 6.04 Å². The smallest absolute Gasteiger partial charge is 0.154 e. The Labute approximate surface area is 86.7 Å². The molecule has 0 aromatic carbocycles. The molecule has 0 saturated heterocycles. The minimum Gasteiger partial charge on any atom is -0.368 e. The molecule has 0 amide bonds. The second-order valence-corrected chi connectivity index (χ2v) is 4.03. The molecule has 2 unspecified atom stereocenters. The van der Waals surface area contributed by atoms with Gasteiger partial charge in [-0.05, 0) is 19.3 Å². The standard InChI is InChI=1S/C8H17NO6/c10-7(11)4-1-5(8(12)13)3-6(2-4)9(14)15/h4-8,10-15H,1-3H2. The second kappa shape index (κ2) is 5.17. The third-order valence-corrected chi connectivity index (χ3v) is 2.93. The summed E-state index contributed by atoms with van der Waals surface area (Å²) >= 11 is 0. The van der Waals surface area contributed by atoms with Crippen molar-refractivity contribution < 1.29 is 30.8 Å². The van der Waals surface area contributed by atoms with E-state index in [1.54, 1.807) is 0 Å². The Morgan fingerprint density at radius 3 is 1.47 bits per heavy atom. The summed E-state index contributed by atoms with van der Waals surface area (Å²) in [4.78, 5) is 0. The highest BCUT2D eigenvalue weighted by Gasteiger charge is 2.37. The van der Waals surface area contributed by atoms with Gasteiger partial charge in [-0.3, -0.25) is 10.4 Å². The largest absolute Gasteiger partial charge is 0.368 e. The summed E-state index contributed by atoms with van der Waals surface area (Å²) in [6.07, 6.45) is -2.57. The van der Waals surface area contributed by atoms with E-state index in [0.717, 1.165) is 0 Å². The molecule has 1 rings (SSSR count). The lowest BCUT2D eigenvalue weighted by atomic mass is 9.78. The Balaban J connectivity index is 2.64. The van der Waals surface area contributed by atoms with Gasteiger partial charge in [-0.2, -0.15) is 0 Å². The fraction of sp³-hybridized carbons (Fsp3) is 1.00. The minimum atomic E-state index is -1.59. The van der Waals surface area contributed by atoms with Gasteiger partial charge in [0.25, 0.3) is 0 Å². The molecule has 1 aliphatic rings. The van der Waals surface area contributed by atoms with Crippen LogP contribution < -0.4 is 0 Å². The zero-order valence-corrected chi connectivity index (χ0v) is 8.14. The maximum Gasteiger partial charge on any atom is 0.154 e. The molecule has 0 aromatic heterocycles. The molecule has 6 N–H and O–H groups in total. The fourth-order valence-corrected chi connectivity index (χ4v) is 2.05. The molecule has 2 atom stereocenters. The van der Waals surface area contributed by atoms with Crippen molar-refractivity contribution in [2.24, 2.45) is 11.8 Å². The molecule has 0 aliphatic heterocycles. The van der Waals surface area contributed by atoms with Crippen molar-refractivity contribution in [1.82, 2.24) is 5.23 Å². The minimum absolute atomic E-state index is 0.0100. The topological polar surface area (TPSA) is 125 Å². The van der Waals surface area contributed by atoms with E-state index in [1.807, 2.05) is 0 Å².